The van der Waals surface area contributed by atoms with Crippen LogP contribution in [0.5, 0.6) is 5.75 Å². The highest BCUT2D eigenvalue weighted by atomic mass is 16.5. The summed E-state index contributed by atoms with van der Waals surface area (Å²) in [4.78, 5) is 12.4. The van der Waals surface area contributed by atoms with Crippen LogP contribution in [0.4, 0.5) is 0 Å². The van der Waals surface area contributed by atoms with Crippen LogP contribution in [-0.2, 0) is 22.6 Å². The summed E-state index contributed by atoms with van der Waals surface area (Å²) < 4.78 is 16.5. The van der Waals surface area contributed by atoms with Crippen LogP contribution in [0.1, 0.15) is 16.7 Å². The largest absolute Gasteiger partial charge is 0.496 e. The van der Waals surface area contributed by atoms with Gasteiger partial charge in [0, 0.05) is 16.5 Å². The van der Waals surface area contributed by atoms with Gasteiger partial charge in [-0.2, -0.15) is 0 Å². The van der Waals surface area contributed by atoms with Crippen LogP contribution < -0.4 is 4.74 Å². The molecule has 4 heteroatoms. The molecule has 0 aliphatic heterocycles. The van der Waals surface area contributed by atoms with Gasteiger partial charge < -0.3 is 13.9 Å². The summed E-state index contributed by atoms with van der Waals surface area (Å²) in [6, 6.07) is 17.8. The normalized spacial score (nSPS) is 11.0. The van der Waals surface area contributed by atoms with E-state index in [1.54, 1.807) is 13.4 Å². The number of benzene rings is 3. The minimum atomic E-state index is -0.297. The lowest BCUT2D eigenvalue weighted by molar-refractivity contribution is -0.144. The lowest BCUT2D eigenvalue weighted by Crippen LogP contribution is -2.08. The average Bonchev–Trinajstić information content (AvgIpc) is 3.10. The van der Waals surface area contributed by atoms with E-state index in [2.05, 4.69) is 0 Å². The lowest BCUT2D eigenvalue weighted by atomic mass is 10.0. The van der Waals surface area contributed by atoms with Crippen molar-refractivity contribution >= 4 is 27.7 Å². The van der Waals surface area contributed by atoms with E-state index in [9.17, 15) is 4.79 Å². The van der Waals surface area contributed by atoms with Gasteiger partial charge in [-0.1, -0.05) is 42.0 Å². The van der Waals surface area contributed by atoms with Crippen molar-refractivity contribution in [3.63, 3.8) is 0 Å². The topological polar surface area (TPSA) is 48.7 Å². The summed E-state index contributed by atoms with van der Waals surface area (Å²) in [7, 11) is 1.61. The van der Waals surface area contributed by atoms with E-state index in [0.717, 1.165) is 38.4 Å². The first kappa shape index (κ1) is 17.2. The molecule has 0 fully saturated rings. The molecule has 0 unspecified atom stereocenters. The summed E-state index contributed by atoms with van der Waals surface area (Å²) in [5.74, 6) is 0.419. The molecule has 0 radical (unpaired) electrons. The molecule has 4 rings (SSSR count). The first-order valence-electron chi connectivity index (χ1n) is 8.82. The number of carbonyl (C=O) groups is 1. The van der Waals surface area contributed by atoms with E-state index in [0.29, 0.717) is 5.75 Å². The molecule has 0 aliphatic carbocycles. The third kappa shape index (κ3) is 3.38. The van der Waals surface area contributed by atoms with Crippen molar-refractivity contribution in [1.82, 2.24) is 0 Å². The Morgan fingerprint density at radius 3 is 2.74 bits per heavy atom. The van der Waals surface area contributed by atoms with Crippen LogP contribution in [0.15, 0.2) is 65.3 Å². The Labute approximate surface area is 157 Å². The Morgan fingerprint density at radius 1 is 1.04 bits per heavy atom. The second-order valence-corrected chi connectivity index (χ2v) is 6.57. The Balaban J connectivity index is 1.55. The molecule has 4 aromatic rings. The zero-order chi connectivity index (χ0) is 18.8. The van der Waals surface area contributed by atoms with E-state index in [-0.39, 0.29) is 19.0 Å². The fraction of sp³-hybridized carbons (Fsp3) is 0.174. The van der Waals surface area contributed by atoms with Crippen molar-refractivity contribution < 1.29 is 18.7 Å². The molecule has 4 nitrogen and oxygen atoms in total. The average molecular weight is 360 g/mol. The highest BCUT2D eigenvalue weighted by molar-refractivity contribution is 6.08. The van der Waals surface area contributed by atoms with E-state index in [1.165, 1.54) is 0 Å². The second kappa shape index (κ2) is 7.16. The molecule has 136 valence electrons. The van der Waals surface area contributed by atoms with Crippen molar-refractivity contribution in [2.45, 2.75) is 20.0 Å². The molecule has 1 aromatic heterocycles. The smallest absolute Gasteiger partial charge is 0.310 e. The standard InChI is InChI=1S/C23H20O4/c1-15-7-9-20(25-2)17(11-15)13-27-22(24)12-18-14-26-21-10-8-16-5-3-4-6-19(16)23(18)21/h3-11,14H,12-13H2,1-2H3. The van der Waals surface area contributed by atoms with E-state index < -0.39 is 0 Å². The number of furan rings is 1. The summed E-state index contributed by atoms with van der Waals surface area (Å²) in [5, 5.41) is 3.16. The van der Waals surface area contributed by atoms with Crippen molar-refractivity contribution in [2.75, 3.05) is 7.11 Å². The number of ether oxygens (including phenoxy) is 2. The molecule has 0 atom stereocenters. The zero-order valence-electron chi connectivity index (χ0n) is 15.3. The van der Waals surface area contributed by atoms with E-state index in [4.69, 9.17) is 13.9 Å². The lowest BCUT2D eigenvalue weighted by Gasteiger charge is -2.10. The van der Waals surface area contributed by atoms with Crippen LogP contribution in [-0.4, -0.2) is 13.1 Å². The van der Waals surface area contributed by atoms with Crippen molar-refractivity contribution in [3.05, 3.63) is 77.6 Å². The molecule has 27 heavy (non-hydrogen) atoms. The Kier molecular flexibility index (Phi) is 4.55. The van der Waals surface area contributed by atoms with Gasteiger partial charge in [-0.3, -0.25) is 4.79 Å². The fourth-order valence-electron chi connectivity index (χ4n) is 3.39. The molecule has 0 N–H and O–H groups in total. The van der Waals surface area contributed by atoms with Crippen molar-refractivity contribution in [3.8, 4) is 5.75 Å². The predicted octanol–water partition coefficient (Wildman–Crippen LogP) is 5.19. The number of fused-ring (bicyclic) bond motifs is 3. The maximum Gasteiger partial charge on any atom is 0.310 e. The zero-order valence-corrected chi connectivity index (χ0v) is 15.3. The summed E-state index contributed by atoms with van der Waals surface area (Å²) >= 11 is 0. The Morgan fingerprint density at radius 2 is 1.89 bits per heavy atom. The van der Waals surface area contributed by atoms with Gasteiger partial charge in [-0.25, -0.2) is 0 Å². The summed E-state index contributed by atoms with van der Waals surface area (Å²) in [6.07, 6.45) is 1.81. The van der Waals surface area contributed by atoms with Crippen LogP contribution in [0, 0.1) is 6.92 Å². The molecular formula is C23H20O4. The van der Waals surface area contributed by atoms with Gasteiger partial charge in [-0.05, 0) is 35.9 Å². The van der Waals surface area contributed by atoms with E-state index >= 15 is 0 Å². The van der Waals surface area contributed by atoms with Crippen LogP contribution in [0.25, 0.3) is 21.7 Å². The quantitative estimate of drug-likeness (QED) is 0.460. The second-order valence-electron chi connectivity index (χ2n) is 6.57. The summed E-state index contributed by atoms with van der Waals surface area (Å²) in [6.45, 7) is 2.17. The first-order valence-corrected chi connectivity index (χ1v) is 8.82. The number of aryl methyl sites for hydroxylation is 1. The highest BCUT2D eigenvalue weighted by Crippen LogP contribution is 2.30. The molecule has 0 bridgehead atoms. The van der Waals surface area contributed by atoms with Crippen LogP contribution >= 0.6 is 0 Å². The van der Waals surface area contributed by atoms with Gasteiger partial charge in [0.25, 0.3) is 0 Å². The van der Waals surface area contributed by atoms with Gasteiger partial charge in [0.15, 0.2) is 0 Å². The molecule has 0 saturated carbocycles. The van der Waals surface area contributed by atoms with Gasteiger partial charge >= 0.3 is 5.97 Å². The van der Waals surface area contributed by atoms with Crippen molar-refractivity contribution in [1.29, 1.82) is 0 Å². The summed E-state index contributed by atoms with van der Waals surface area (Å²) in [5.41, 5.74) is 3.56. The number of carbonyl (C=O) groups excluding carboxylic acids is 1. The first-order chi connectivity index (χ1) is 13.2. The molecule has 0 amide bonds. The van der Waals surface area contributed by atoms with Gasteiger partial charge in [0.1, 0.15) is 17.9 Å². The Hall–Kier alpha value is -3.27. The van der Waals surface area contributed by atoms with Crippen LogP contribution in [0.3, 0.4) is 0 Å². The van der Waals surface area contributed by atoms with Gasteiger partial charge in [-0.15, -0.1) is 0 Å². The van der Waals surface area contributed by atoms with Crippen molar-refractivity contribution in [2.24, 2.45) is 0 Å². The predicted molar refractivity (Wildman–Crippen MR) is 105 cm³/mol. The maximum atomic E-state index is 12.4. The number of hydrogen-bond donors (Lipinski definition) is 0. The monoisotopic (exact) mass is 360 g/mol. The minimum absolute atomic E-state index is 0.162. The molecule has 3 aromatic carbocycles. The fourth-order valence-corrected chi connectivity index (χ4v) is 3.39. The highest BCUT2D eigenvalue weighted by Gasteiger charge is 2.15. The number of methoxy groups -OCH3 is 1. The SMILES string of the molecule is COc1ccc(C)cc1COC(=O)Cc1coc2ccc3ccccc3c12. The maximum absolute atomic E-state index is 12.4. The van der Waals surface area contributed by atoms with Gasteiger partial charge in [0.05, 0.1) is 19.8 Å². The number of rotatable bonds is 5. The molecular weight excluding hydrogens is 340 g/mol. The molecule has 1 heterocycles. The number of esters is 1. The molecule has 0 spiro atoms. The molecule has 0 saturated heterocycles. The third-order valence-electron chi connectivity index (χ3n) is 4.70. The Bertz CT molecular complexity index is 1120. The van der Waals surface area contributed by atoms with Gasteiger partial charge in [0.2, 0.25) is 0 Å². The number of hydrogen-bond acceptors (Lipinski definition) is 4. The third-order valence-corrected chi connectivity index (χ3v) is 4.70. The van der Waals surface area contributed by atoms with E-state index in [1.807, 2.05) is 61.5 Å². The molecule has 0 aliphatic rings. The minimum Gasteiger partial charge on any atom is -0.496 e. The van der Waals surface area contributed by atoms with Crippen LogP contribution in [0.2, 0.25) is 0 Å².